The number of hydrogen-bond acceptors (Lipinski definition) is 4. The molecule has 0 unspecified atom stereocenters. The number of H-pyrrole nitrogens is 1. The van der Waals surface area contributed by atoms with E-state index in [9.17, 15) is 8.42 Å². The number of benzene rings is 1. The van der Waals surface area contributed by atoms with Crippen LogP contribution in [0.5, 0.6) is 0 Å². The van der Waals surface area contributed by atoms with Gasteiger partial charge in [-0.3, -0.25) is 0 Å². The highest BCUT2D eigenvalue weighted by Gasteiger charge is 2.17. The Morgan fingerprint density at radius 3 is 2.72 bits per heavy atom. The molecule has 0 radical (unpaired) electrons. The van der Waals surface area contributed by atoms with E-state index in [2.05, 4.69) is 15.4 Å². The molecule has 2 aromatic rings. The van der Waals surface area contributed by atoms with Crippen LogP contribution in [0.4, 0.5) is 0 Å². The standard InChI is InChI=1S/C11H12ClN3O2S/c1-8-3-2-4-11(12)10(8)7-18(16,17)6-9-5-13-15-14-9/h2-5H,6-7H2,1H3,(H,13,14,15). The first-order valence-corrected chi connectivity index (χ1v) is 7.47. The van der Waals surface area contributed by atoms with Crippen molar-refractivity contribution >= 4 is 21.4 Å². The lowest BCUT2D eigenvalue weighted by atomic mass is 10.1. The fourth-order valence-corrected chi connectivity index (χ4v) is 3.52. The Kier molecular flexibility index (Phi) is 3.68. The molecule has 0 bridgehead atoms. The minimum atomic E-state index is -3.31. The quantitative estimate of drug-likeness (QED) is 0.930. The zero-order valence-corrected chi connectivity index (χ0v) is 11.3. The van der Waals surface area contributed by atoms with Crippen LogP contribution in [0.1, 0.15) is 16.8 Å². The van der Waals surface area contributed by atoms with Gasteiger partial charge in [-0.05, 0) is 24.1 Å². The van der Waals surface area contributed by atoms with Crippen LogP contribution in [0, 0.1) is 6.92 Å². The molecule has 1 heterocycles. The van der Waals surface area contributed by atoms with Gasteiger partial charge in [0.05, 0.1) is 23.4 Å². The Hall–Kier alpha value is -1.40. The molecule has 1 N–H and O–H groups in total. The van der Waals surface area contributed by atoms with E-state index < -0.39 is 9.84 Å². The number of nitrogens with zero attached hydrogens (tertiary/aromatic N) is 2. The lowest BCUT2D eigenvalue weighted by molar-refractivity contribution is 0.593. The molecular weight excluding hydrogens is 274 g/mol. The van der Waals surface area contributed by atoms with Gasteiger partial charge in [-0.15, -0.1) is 0 Å². The molecule has 7 heteroatoms. The molecule has 1 aromatic heterocycles. The van der Waals surface area contributed by atoms with Crippen molar-refractivity contribution in [1.82, 2.24) is 15.4 Å². The Morgan fingerprint density at radius 1 is 1.33 bits per heavy atom. The zero-order chi connectivity index (χ0) is 13.2. The molecule has 0 atom stereocenters. The molecule has 0 saturated heterocycles. The van der Waals surface area contributed by atoms with Gasteiger partial charge in [0, 0.05) is 5.02 Å². The van der Waals surface area contributed by atoms with Crippen molar-refractivity contribution in [2.75, 3.05) is 0 Å². The molecule has 96 valence electrons. The van der Waals surface area contributed by atoms with E-state index in [1.807, 2.05) is 13.0 Å². The largest absolute Gasteiger partial charge is 0.228 e. The van der Waals surface area contributed by atoms with E-state index in [1.165, 1.54) is 6.20 Å². The van der Waals surface area contributed by atoms with Crippen LogP contribution in [0.3, 0.4) is 0 Å². The molecule has 0 aliphatic heterocycles. The van der Waals surface area contributed by atoms with E-state index in [0.29, 0.717) is 16.3 Å². The van der Waals surface area contributed by atoms with Gasteiger partial charge in [0.1, 0.15) is 0 Å². The molecule has 0 aliphatic rings. The molecule has 0 amide bonds. The number of nitrogens with one attached hydrogen (secondary N) is 1. The molecule has 2 rings (SSSR count). The zero-order valence-electron chi connectivity index (χ0n) is 9.72. The van der Waals surface area contributed by atoms with Crippen LogP contribution in [0.15, 0.2) is 24.4 Å². The number of aromatic nitrogens is 3. The summed E-state index contributed by atoms with van der Waals surface area (Å²) in [4.78, 5) is 0. The minimum Gasteiger partial charge on any atom is -0.228 e. The van der Waals surface area contributed by atoms with Crippen LogP contribution in [0.25, 0.3) is 0 Å². The van der Waals surface area contributed by atoms with E-state index >= 15 is 0 Å². The second-order valence-electron chi connectivity index (χ2n) is 4.03. The molecule has 5 nitrogen and oxygen atoms in total. The highest BCUT2D eigenvalue weighted by molar-refractivity contribution is 7.89. The highest BCUT2D eigenvalue weighted by atomic mass is 35.5. The van der Waals surface area contributed by atoms with Crippen LogP contribution in [-0.4, -0.2) is 23.8 Å². The summed E-state index contributed by atoms with van der Waals surface area (Å²) in [7, 11) is -3.31. The maximum atomic E-state index is 12.0. The molecular formula is C11H12ClN3O2S. The molecule has 0 saturated carbocycles. The molecule has 1 aromatic carbocycles. The number of rotatable bonds is 4. The third kappa shape index (κ3) is 3.08. The van der Waals surface area contributed by atoms with Crippen LogP contribution in [0.2, 0.25) is 5.02 Å². The van der Waals surface area contributed by atoms with Gasteiger partial charge in [0.15, 0.2) is 9.84 Å². The van der Waals surface area contributed by atoms with Crippen molar-refractivity contribution in [2.24, 2.45) is 0 Å². The van der Waals surface area contributed by atoms with E-state index in [0.717, 1.165) is 5.56 Å². The first-order chi connectivity index (χ1) is 8.48. The van der Waals surface area contributed by atoms with Crippen molar-refractivity contribution in [2.45, 2.75) is 18.4 Å². The summed E-state index contributed by atoms with van der Waals surface area (Å²) >= 11 is 6.02. The molecule has 0 fully saturated rings. The predicted octanol–water partition coefficient (Wildman–Crippen LogP) is 1.88. The summed E-state index contributed by atoms with van der Waals surface area (Å²) in [5.41, 5.74) is 1.91. The lowest BCUT2D eigenvalue weighted by Gasteiger charge is -2.08. The van der Waals surface area contributed by atoms with Gasteiger partial charge in [0.2, 0.25) is 0 Å². The van der Waals surface area contributed by atoms with Gasteiger partial charge >= 0.3 is 0 Å². The number of sulfone groups is 1. The predicted molar refractivity (Wildman–Crippen MR) is 68.9 cm³/mol. The van der Waals surface area contributed by atoms with Crippen LogP contribution < -0.4 is 0 Å². The second-order valence-corrected chi connectivity index (χ2v) is 6.50. The Bertz CT molecular complexity index is 618. The van der Waals surface area contributed by atoms with Crippen molar-refractivity contribution < 1.29 is 8.42 Å². The Morgan fingerprint density at radius 2 is 2.11 bits per heavy atom. The van der Waals surface area contributed by atoms with Gasteiger partial charge in [-0.1, -0.05) is 23.7 Å². The Balaban J connectivity index is 2.23. The van der Waals surface area contributed by atoms with Crippen molar-refractivity contribution in [3.05, 3.63) is 46.2 Å². The van der Waals surface area contributed by atoms with Crippen molar-refractivity contribution in [3.8, 4) is 0 Å². The monoisotopic (exact) mass is 285 g/mol. The van der Waals surface area contributed by atoms with Gasteiger partial charge in [-0.2, -0.15) is 15.4 Å². The van der Waals surface area contributed by atoms with Gasteiger partial charge in [-0.25, -0.2) is 8.42 Å². The molecule has 0 aliphatic carbocycles. The number of aromatic amines is 1. The molecule has 18 heavy (non-hydrogen) atoms. The third-order valence-electron chi connectivity index (χ3n) is 2.55. The highest BCUT2D eigenvalue weighted by Crippen LogP contribution is 2.22. The van der Waals surface area contributed by atoms with E-state index in [-0.39, 0.29) is 11.5 Å². The third-order valence-corrected chi connectivity index (χ3v) is 4.37. The van der Waals surface area contributed by atoms with E-state index in [1.54, 1.807) is 12.1 Å². The maximum Gasteiger partial charge on any atom is 0.160 e. The Labute approximate surface area is 110 Å². The second kappa shape index (κ2) is 5.07. The normalized spacial score (nSPS) is 11.7. The van der Waals surface area contributed by atoms with Gasteiger partial charge in [0.25, 0.3) is 0 Å². The maximum absolute atomic E-state index is 12.0. The first kappa shape index (κ1) is 13.0. The number of hydrogen-bond donors (Lipinski definition) is 1. The average molecular weight is 286 g/mol. The average Bonchev–Trinajstić information content (AvgIpc) is 2.75. The van der Waals surface area contributed by atoms with Crippen molar-refractivity contribution in [1.29, 1.82) is 0 Å². The fourth-order valence-electron chi connectivity index (χ4n) is 1.64. The SMILES string of the molecule is Cc1cccc(Cl)c1CS(=O)(=O)Cc1cn[nH]n1. The number of halogens is 1. The summed E-state index contributed by atoms with van der Waals surface area (Å²) < 4.78 is 24.1. The smallest absolute Gasteiger partial charge is 0.160 e. The summed E-state index contributed by atoms with van der Waals surface area (Å²) in [5, 5.41) is 10.2. The summed E-state index contributed by atoms with van der Waals surface area (Å²) in [6, 6.07) is 5.33. The number of aryl methyl sites for hydroxylation is 1. The van der Waals surface area contributed by atoms with E-state index in [4.69, 9.17) is 11.6 Å². The van der Waals surface area contributed by atoms with Gasteiger partial charge < -0.3 is 0 Å². The lowest BCUT2D eigenvalue weighted by Crippen LogP contribution is -2.09. The van der Waals surface area contributed by atoms with Crippen LogP contribution >= 0.6 is 11.6 Å². The summed E-state index contributed by atoms with van der Waals surface area (Å²) in [6.45, 7) is 1.84. The fraction of sp³-hybridized carbons (Fsp3) is 0.273. The first-order valence-electron chi connectivity index (χ1n) is 5.27. The van der Waals surface area contributed by atoms with Crippen LogP contribution in [-0.2, 0) is 21.3 Å². The summed E-state index contributed by atoms with van der Waals surface area (Å²) in [5.74, 6) is -0.237. The minimum absolute atomic E-state index is 0.0919. The molecule has 0 spiro atoms. The van der Waals surface area contributed by atoms with Crippen molar-refractivity contribution in [3.63, 3.8) is 0 Å². The summed E-state index contributed by atoms with van der Waals surface area (Å²) in [6.07, 6.45) is 1.40. The topological polar surface area (TPSA) is 75.7 Å².